The molecule has 0 saturated carbocycles. The average Bonchev–Trinajstić information content (AvgIpc) is 2.78. The maximum absolute atomic E-state index is 11.9. The van der Waals surface area contributed by atoms with Crippen molar-refractivity contribution in [2.45, 2.75) is 57.9 Å². The summed E-state index contributed by atoms with van der Waals surface area (Å²) in [5.41, 5.74) is 3.86. The van der Waals surface area contributed by atoms with Gasteiger partial charge in [-0.05, 0) is 67.7 Å². The molecule has 162 valence electrons. The van der Waals surface area contributed by atoms with Crippen molar-refractivity contribution in [3.05, 3.63) is 59.7 Å². The predicted molar refractivity (Wildman–Crippen MR) is 122 cm³/mol. The Kier molecular flexibility index (Phi) is 8.18. The number of anilines is 1. The predicted octanol–water partition coefficient (Wildman–Crippen LogP) is 5.43. The minimum atomic E-state index is -0.135. The number of methoxy groups -OCH3 is 2. The normalized spacial score (nSPS) is 17.4. The van der Waals surface area contributed by atoms with E-state index in [9.17, 15) is 4.79 Å². The summed E-state index contributed by atoms with van der Waals surface area (Å²) in [7, 11) is 3.19. The molecular weight excluding hydrogens is 374 g/mol. The van der Waals surface area contributed by atoms with Crippen LogP contribution in [0, 0.1) is 5.92 Å². The van der Waals surface area contributed by atoms with Crippen molar-refractivity contribution in [2.24, 2.45) is 5.92 Å². The lowest BCUT2D eigenvalue weighted by Crippen LogP contribution is -2.41. The Morgan fingerprint density at radius 1 is 1.10 bits per heavy atom. The number of hydrogen-bond donors (Lipinski definition) is 0. The van der Waals surface area contributed by atoms with Crippen molar-refractivity contribution in [2.75, 3.05) is 25.7 Å². The molecule has 1 aliphatic rings. The summed E-state index contributed by atoms with van der Waals surface area (Å²) in [6.07, 6.45) is 7.05. The van der Waals surface area contributed by atoms with Gasteiger partial charge in [-0.2, -0.15) is 0 Å². The first-order chi connectivity index (χ1) is 14.6. The quantitative estimate of drug-likeness (QED) is 0.518. The van der Waals surface area contributed by atoms with E-state index in [1.165, 1.54) is 18.2 Å². The molecule has 1 heterocycles. The van der Waals surface area contributed by atoms with Gasteiger partial charge in [-0.15, -0.1) is 0 Å². The van der Waals surface area contributed by atoms with Gasteiger partial charge in [0.15, 0.2) is 0 Å². The number of benzene rings is 2. The van der Waals surface area contributed by atoms with Crippen LogP contribution in [0.5, 0.6) is 5.75 Å². The number of ether oxygens (including phenoxy) is 2. The lowest BCUT2D eigenvalue weighted by Gasteiger charge is -2.37. The van der Waals surface area contributed by atoms with Crippen molar-refractivity contribution in [3.8, 4) is 5.75 Å². The number of hydrogen-bond acceptors (Lipinski definition) is 4. The molecule has 1 saturated heterocycles. The average molecular weight is 410 g/mol. The molecule has 0 aromatic heterocycles. The largest absolute Gasteiger partial charge is 0.497 e. The Hall–Kier alpha value is -2.49. The summed E-state index contributed by atoms with van der Waals surface area (Å²) >= 11 is 0. The van der Waals surface area contributed by atoms with Crippen LogP contribution in [0.15, 0.2) is 48.5 Å². The summed E-state index contributed by atoms with van der Waals surface area (Å²) in [6.45, 7) is 3.29. The van der Waals surface area contributed by atoms with E-state index in [1.807, 2.05) is 0 Å². The number of aryl methyl sites for hydroxylation is 1. The summed E-state index contributed by atoms with van der Waals surface area (Å²) in [5.74, 6) is 1.34. The van der Waals surface area contributed by atoms with Crippen LogP contribution in [-0.4, -0.2) is 32.8 Å². The molecule has 30 heavy (non-hydrogen) atoms. The molecule has 0 bridgehead atoms. The first-order valence-corrected chi connectivity index (χ1v) is 11.1. The van der Waals surface area contributed by atoms with Gasteiger partial charge < -0.3 is 14.4 Å². The molecule has 1 aliphatic heterocycles. The van der Waals surface area contributed by atoms with E-state index in [-0.39, 0.29) is 12.0 Å². The molecule has 0 radical (unpaired) electrons. The maximum atomic E-state index is 11.9. The molecule has 0 aliphatic carbocycles. The second kappa shape index (κ2) is 11.1. The lowest BCUT2D eigenvalue weighted by atomic mass is 9.93. The number of piperidine rings is 1. The third kappa shape index (κ3) is 6.25. The summed E-state index contributed by atoms with van der Waals surface area (Å²) in [4.78, 5) is 14.3. The maximum Gasteiger partial charge on any atom is 0.307 e. The third-order valence-corrected chi connectivity index (χ3v) is 6.13. The highest BCUT2D eigenvalue weighted by atomic mass is 16.5. The monoisotopic (exact) mass is 409 g/mol. The van der Waals surface area contributed by atoms with Crippen LogP contribution in [0.2, 0.25) is 0 Å². The van der Waals surface area contributed by atoms with Crippen molar-refractivity contribution in [1.82, 2.24) is 0 Å². The van der Waals surface area contributed by atoms with Crippen LogP contribution >= 0.6 is 0 Å². The fourth-order valence-electron chi connectivity index (χ4n) is 4.44. The van der Waals surface area contributed by atoms with E-state index in [0.29, 0.717) is 12.3 Å². The van der Waals surface area contributed by atoms with Gasteiger partial charge in [0.2, 0.25) is 0 Å². The first-order valence-electron chi connectivity index (χ1n) is 11.1. The molecule has 2 aromatic carbocycles. The molecule has 0 N–H and O–H groups in total. The van der Waals surface area contributed by atoms with E-state index < -0.39 is 0 Å². The van der Waals surface area contributed by atoms with Crippen molar-refractivity contribution in [1.29, 1.82) is 0 Å². The zero-order valence-corrected chi connectivity index (χ0v) is 18.6. The fourth-order valence-corrected chi connectivity index (χ4v) is 4.44. The van der Waals surface area contributed by atoms with Crippen LogP contribution in [0.1, 0.15) is 50.2 Å². The molecular formula is C26H35NO3. The molecule has 1 fully saturated rings. The summed E-state index contributed by atoms with van der Waals surface area (Å²) in [6, 6.07) is 17.4. The van der Waals surface area contributed by atoms with E-state index in [1.54, 1.807) is 7.11 Å². The Morgan fingerprint density at radius 3 is 2.63 bits per heavy atom. The van der Waals surface area contributed by atoms with Crippen LogP contribution in [0.3, 0.4) is 0 Å². The van der Waals surface area contributed by atoms with Gasteiger partial charge >= 0.3 is 5.97 Å². The molecule has 4 nitrogen and oxygen atoms in total. The molecule has 2 aromatic rings. The smallest absolute Gasteiger partial charge is 0.307 e. The lowest BCUT2D eigenvalue weighted by molar-refractivity contribution is -0.141. The van der Waals surface area contributed by atoms with Gasteiger partial charge in [0.25, 0.3) is 0 Å². The SMILES string of the molecule is COC(=O)CC1CCCCN1c1cc(CC(C)CCc2ccccc2)cc(OC)c1. The Balaban J connectivity index is 1.71. The standard InChI is InChI=1S/C26H35NO3/c1-20(12-13-21-9-5-4-6-10-21)15-22-16-24(18-25(17-22)29-2)27-14-8-7-11-23(27)19-26(28)30-3/h4-6,9-10,16-18,20,23H,7-8,11-15,19H2,1-3H3. The Bertz CT molecular complexity index is 805. The molecule has 2 unspecified atom stereocenters. The van der Waals surface area contributed by atoms with Crippen LogP contribution < -0.4 is 9.64 Å². The van der Waals surface area contributed by atoms with Crippen LogP contribution in [0.4, 0.5) is 5.69 Å². The molecule has 2 atom stereocenters. The van der Waals surface area contributed by atoms with Crippen LogP contribution in [0.25, 0.3) is 0 Å². The zero-order chi connectivity index (χ0) is 21.3. The second-order valence-corrected chi connectivity index (χ2v) is 8.50. The Labute approximate surface area is 181 Å². The number of carbonyl (C=O) groups is 1. The van der Waals surface area contributed by atoms with Gasteiger partial charge in [-0.3, -0.25) is 4.79 Å². The van der Waals surface area contributed by atoms with Gasteiger partial charge in [0, 0.05) is 24.3 Å². The zero-order valence-electron chi connectivity index (χ0n) is 18.6. The van der Waals surface area contributed by atoms with Gasteiger partial charge in [0.1, 0.15) is 5.75 Å². The number of rotatable bonds is 9. The van der Waals surface area contributed by atoms with Gasteiger partial charge in [0.05, 0.1) is 20.6 Å². The number of nitrogens with zero attached hydrogens (tertiary/aromatic N) is 1. The molecule has 0 spiro atoms. The van der Waals surface area contributed by atoms with E-state index in [2.05, 4.69) is 60.4 Å². The highest BCUT2D eigenvalue weighted by Gasteiger charge is 2.26. The second-order valence-electron chi connectivity index (χ2n) is 8.50. The number of carbonyl (C=O) groups excluding carboxylic acids is 1. The van der Waals surface area contributed by atoms with E-state index >= 15 is 0 Å². The van der Waals surface area contributed by atoms with Gasteiger partial charge in [-0.25, -0.2) is 0 Å². The first kappa shape index (κ1) is 22.2. The van der Waals surface area contributed by atoms with Crippen molar-refractivity contribution >= 4 is 11.7 Å². The molecule has 4 heteroatoms. The number of esters is 1. The molecule has 0 amide bonds. The summed E-state index contributed by atoms with van der Waals surface area (Å²) < 4.78 is 10.5. The van der Waals surface area contributed by atoms with Crippen molar-refractivity contribution < 1.29 is 14.3 Å². The Morgan fingerprint density at radius 2 is 1.90 bits per heavy atom. The van der Waals surface area contributed by atoms with E-state index in [0.717, 1.165) is 56.5 Å². The highest BCUT2D eigenvalue weighted by molar-refractivity contribution is 5.71. The summed E-state index contributed by atoms with van der Waals surface area (Å²) in [5, 5.41) is 0. The van der Waals surface area contributed by atoms with Crippen molar-refractivity contribution in [3.63, 3.8) is 0 Å². The van der Waals surface area contributed by atoms with E-state index in [4.69, 9.17) is 9.47 Å². The fraction of sp³-hybridized carbons (Fsp3) is 0.500. The highest BCUT2D eigenvalue weighted by Crippen LogP contribution is 2.32. The molecule has 3 rings (SSSR count). The topological polar surface area (TPSA) is 38.8 Å². The van der Waals surface area contributed by atoms with Crippen LogP contribution in [-0.2, 0) is 22.4 Å². The minimum Gasteiger partial charge on any atom is -0.497 e. The third-order valence-electron chi connectivity index (χ3n) is 6.13. The minimum absolute atomic E-state index is 0.135. The van der Waals surface area contributed by atoms with Gasteiger partial charge in [-0.1, -0.05) is 37.3 Å².